The molecule has 0 aliphatic carbocycles. The van der Waals surface area contributed by atoms with Gasteiger partial charge in [-0.25, -0.2) is 4.98 Å². The van der Waals surface area contributed by atoms with E-state index in [0.29, 0.717) is 12.4 Å². The smallest absolute Gasteiger partial charge is 0.199 e. The average molecular weight is 206 g/mol. The highest BCUT2D eigenvalue weighted by atomic mass is 16.5. The van der Waals surface area contributed by atoms with E-state index >= 15 is 0 Å². The maximum atomic E-state index is 5.59. The summed E-state index contributed by atoms with van der Waals surface area (Å²) in [6, 6.07) is 5.61. The van der Waals surface area contributed by atoms with E-state index in [1.807, 2.05) is 25.1 Å². The Kier molecular flexibility index (Phi) is 2.60. The molecule has 1 atom stereocenters. The minimum Gasteiger partial charge on any atom is -0.494 e. The van der Waals surface area contributed by atoms with Gasteiger partial charge in [0, 0.05) is 12.5 Å². The first-order chi connectivity index (χ1) is 7.26. The molecule has 2 N–H and O–H groups in total. The van der Waals surface area contributed by atoms with E-state index in [4.69, 9.17) is 14.9 Å². The van der Waals surface area contributed by atoms with E-state index < -0.39 is 0 Å². The van der Waals surface area contributed by atoms with Gasteiger partial charge in [0.25, 0.3) is 0 Å². The van der Waals surface area contributed by atoms with Crippen LogP contribution in [0.2, 0.25) is 0 Å². The minimum atomic E-state index is 0.127. The molecular formula is C11H14N2O2. The van der Waals surface area contributed by atoms with Gasteiger partial charge in [-0.1, -0.05) is 13.0 Å². The van der Waals surface area contributed by atoms with Gasteiger partial charge in [-0.3, -0.25) is 0 Å². The van der Waals surface area contributed by atoms with Gasteiger partial charge in [0.1, 0.15) is 5.75 Å². The van der Waals surface area contributed by atoms with Crippen molar-refractivity contribution in [1.82, 2.24) is 4.98 Å². The molecular weight excluding hydrogens is 192 g/mol. The van der Waals surface area contributed by atoms with Crippen LogP contribution in [-0.4, -0.2) is 18.6 Å². The monoisotopic (exact) mass is 206 g/mol. The van der Waals surface area contributed by atoms with Gasteiger partial charge in [0.05, 0.1) is 7.11 Å². The van der Waals surface area contributed by atoms with Crippen LogP contribution in [0, 0.1) is 0 Å². The number of nitrogens with zero attached hydrogens (tertiary/aromatic N) is 1. The van der Waals surface area contributed by atoms with Crippen molar-refractivity contribution in [2.45, 2.75) is 12.8 Å². The zero-order chi connectivity index (χ0) is 10.8. The lowest BCUT2D eigenvalue weighted by Gasteiger charge is -2.00. The number of nitrogens with two attached hydrogens (primary N) is 1. The molecule has 1 aromatic carbocycles. The first-order valence-corrected chi connectivity index (χ1v) is 4.89. The fraction of sp³-hybridized carbons (Fsp3) is 0.364. The fourth-order valence-electron chi connectivity index (χ4n) is 1.42. The molecule has 1 aromatic heterocycles. The van der Waals surface area contributed by atoms with Gasteiger partial charge in [-0.15, -0.1) is 0 Å². The van der Waals surface area contributed by atoms with Crippen molar-refractivity contribution in [2.24, 2.45) is 5.73 Å². The number of para-hydroxylation sites is 1. The summed E-state index contributed by atoms with van der Waals surface area (Å²) in [6.45, 7) is 2.51. The highest BCUT2D eigenvalue weighted by molar-refractivity contribution is 5.79. The fourth-order valence-corrected chi connectivity index (χ4v) is 1.42. The lowest BCUT2D eigenvalue weighted by molar-refractivity contribution is 0.419. The third-order valence-corrected chi connectivity index (χ3v) is 2.39. The van der Waals surface area contributed by atoms with Crippen LogP contribution in [0.1, 0.15) is 18.7 Å². The van der Waals surface area contributed by atoms with Gasteiger partial charge in [-0.2, -0.15) is 0 Å². The van der Waals surface area contributed by atoms with Crippen molar-refractivity contribution < 1.29 is 9.15 Å². The van der Waals surface area contributed by atoms with Crippen LogP contribution in [0.25, 0.3) is 11.1 Å². The van der Waals surface area contributed by atoms with E-state index in [9.17, 15) is 0 Å². The molecule has 4 nitrogen and oxygen atoms in total. The van der Waals surface area contributed by atoms with E-state index in [1.165, 1.54) is 0 Å². The summed E-state index contributed by atoms with van der Waals surface area (Å²) >= 11 is 0. The van der Waals surface area contributed by atoms with E-state index in [1.54, 1.807) is 7.11 Å². The zero-order valence-corrected chi connectivity index (χ0v) is 8.86. The van der Waals surface area contributed by atoms with Crippen LogP contribution in [0.3, 0.4) is 0 Å². The van der Waals surface area contributed by atoms with Crippen LogP contribution < -0.4 is 10.5 Å². The van der Waals surface area contributed by atoms with Crippen LogP contribution in [-0.2, 0) is 0 Å². The quantitative estimate of drug-likeness (QED) is 0.833. The molecule has 80 valence electrons. The summed E-state index contributed by atoms with van der Waals surface area (Å²) in [5, 5.41) is 0. The molecule has 2 rings (SSSR count). The third-order valence-electron chi connectivity index (χ3n) is 2.39. The Morgan fingerprint density at radius 3 is 3.00 bits per heavy atom. The molecule has 0 fully saturated rings. The number of hydrogen-bond donors (Lipinski definition) is 1. The van der Waals surface area contributed by atoms with Crippen LogP contribution in [0.15, 0.2) is 22.6 Å². The summed E-state index contributed by atoms with van der Waals surface area (Å²) in [5.41, 5.74) is 7.07. The van der Waals surface area contributed by atoms with E-state index in [0.717, 1.165) is 16.8 Å². The van der Waals surface area contributed by atoms with Gasteiger partial charge < -0.3 is 14.9 Å². The molecule has 2 aromatic rings. The van der Waals surface area contributed by atoms with Crippen molar-refractivity contribution in [1.29, 1.82) is 0 Å². The van der Waals surface area contributed by atoms with E-state index in [-0.39, 0.29) is 5.92 Å². The molecule has 0 aliphatic heterocycles. The highest BCUT2D eigenvalue weighted by Gasteiger charge is 2.14. The molecule has 4 heteroatoms. The van der Waals surface area contributed by atoms with Gasteiger partial charge >= 0.3 is 0 Å². The van der Waals surface area contributed by atoms with Crippen LogP contribution in [0.5, 0.6) is 5.75 Å². The first-order valence-electron chi connectivity index (χ1n) is 4.89. The summed E-state index contributed by atoms with van der Waals surface area (Å²) in [5.74, 6) is 1.52. The lowest BCUT2D eigenvalue weighted by atomic mass is 10.2. The Morgan fingerprint density at radius 1 is 1.53 bits per heavy atom. The first kappa shape index (κ1) is 9.98. The summed E-state index contributed by atoms with van der Waals surface area (Å²) in [4.78, 5) is 4.38. The third kappa shape index (κ3) is 1.68. The van der Waals surface area contributed by atoms with Crippen molar-refractivity contribution in [2.75, 3.05) is 13.7 Å². The number of hydrogen-bond acceptors (Lipinski definition) is 4. The molecule has 0 spiro atoms. The van der Waals surface area contributed by atoms with Gasteiger partial charge in [-0.05, 0) is 12.1 Å². The maximum absolute atomic E-state index is 5.59. The molecule has 0 radical (unpaired) electrons. The number of aromatic nitrogens is 1. The van der Waals surface area contributed by atoms with Gasteiger partial charge in [0.2, 0.25) is 0 Å². The van der Waals surface area contributed by atoms with Crippen LogP contribution in [0.4, 0.5) is 0 Å². The molecule has 1 unspecified atom stereocenters. The number of rotatable bonds is 3. The predicted octanol–water partition coefficient (Wildman–Crippen LogP) is 1.90. The predicted molar refractivity (Wildman–Crippen MR) is 58.0 cm³/mol. The molecule has 15 heavy (non-hydrogen) atoms. The summed E-state index contributed by atoms with van der Waals surface area (Å²) in [7, 11) is 1.62. The summed E-state index contributed by atoms with van der Waals surface area (Å²) < 4.78 is 10.8. The van der Waals surface area contributed by atoms with Crippen molar-refractivity contribution >= 4 is 11.1 Å². The lowest BCUT2D eigenvalue weighted by Crippen LogP contribution is -2.08. The Morgan fingerprint density at radius 2 is 2.33 bits per heavy atom. The molecule has 0 saturated heterocycles. The largest absolute Gasteiger partial charge is 0.494 e. The number of methoxy groups -OCH3 is 1. The Labute approximate surface area is 88.0 Å². The number of benzene rings is 1. The normalized spacial score (nSPS) is 13.0. The Bertz CT molecular complexity index is 465. The van der Waals surface area contributed by atoms with E-state index in [2.05, 4.69) is 4.98 Å². The second kappa shape index (κ2) is 3.90. The standard InChI is InChI=1S/C11H14N2O2/c1-7(6-12)11-13-10-8(14-2)4-3-5-9(10)15-11/h3-5,7H,6,12H2,1-2H3. The SMILES string of the molecule is COc1cccc2oc(C(C)CN)nc12. The number of oxazole rings is 1. The Balaban J connectivity index is 2.55. The summed E-state index contributed by atoms with van der Waals surface area (Å²) in [6.07, 6.45) is 0. The topological polar surface area (TPSA) is 61.3 Å². The van der Waals surface area contributed by atoms with Crippen molar-refractivity contribution in [3.8, 4) is 5.75 Å². The zero-order valence-electron chi connectivity index (χ0n) is 8.86. The van der Waals surface area contributed by atoms with Crippen LogP contribution >= 0.6 is 0 Å². The van der Waals surface area contributed by atoms with Gasteiger partial charge in [0.15, 0.2) is 17.0 Å². The molecule has 0 saturated carbocycles. The minimum absolute atomic E-state index is 0.127. The highest BCUT2D eigenvalue weighted by Crippen LogP contribution is 2.27. The molecule has 0 bridgehead atoms. The number of fused-ring (bicyclic) bond motifs is 1. The average Bonchev–Trinajstić information content (AvgIpc) is 2.71. The second-order valence-corrected chi connectivity index (χ2v) is 3.50. The molecule has 0 amide bonds. The number of ether oxygens (including phenoxy) is 1. The second-order valence-electron chi connectivity index (χ2n) is 3.50. The Hall–Kier alpha value is -1.55. The van der Waals surface area contributed by atoms with Crippen molar-refractivity contribution in [3.05, 3.63) is 24.1 Å². The maximum Gasteiger partial charge on any atom is 0.199 e. The van der Waals surface area contributed by atoms with Crippen molar-refractivity contribution in [3.63, 3.8) is 0 Å². The molecule has 1 heterocycles. The molecule has 0 aliphatic rings.